The summed E-state index contributed by atoms with van der Waals surface area (Å²) in [5.74, 6) is 7.14. The van der Waals surface area contributed by atoms with Crippen LogP contribution < -0.4 is 14.8 Å². The number of nitrogens with one attached hydrogen (secondary N) is 1. The molecule has 0 saturated carbocycles. The van der Waals surface area contributed by atoms with Crippen LogP contribution in [-0.2, 0) is 11.3 Å². The second-order valence-corrected chi connectivity index (χ2v) is 7.84. The number of amides is 1. The fraction of sp³-hybridized carbons (Fsp3) is 0.250. The normalized spacial score (nSPS) is 11.6. The minimum atomic E-state index is -0.467. The molecule has 0 heterocycles. The van der Waals surface area contributed by atoms with E-state index >= 15 is 0 Å². The number of carbonyl (C=O) groups excluding carboxylic acids is 1. The maximum Gasteiger partial charge on any atom is 0.407 e. The first-order valence-corrected chi connectivity index (χ1v) is 11.1. The minimum Gasteiger partial charge on any atom is -0.495 e. The summed E-state index contributed by atoms with van der Waals surface area (Å²) in [5.41, 5.74) is 6.02. The molecule has 0 aliphatic heterocycles. The van der Waals surface area contributed by atoms with Crippen molar-refractivity contribution in [1.29, 1.82) is 0 Å². The highest BCUT2D eigenvalue weighted by molar-refractivity contribution is 5.79. The average molecular weight is 458 g/mol. The van der Waals surface area contributed by atoms with Gasteiger partial charge in [-0.1, -0.05) is 60.4 Å². The second-order valence-electron chi connectivity index (χ2n) is 7.84. The largest absolute Gasteiger partial charge is 0.495 e. The smallest absolute Gasteiger partial charge is 0.407 e. The van der Waals surface area contributed by atoms with Crippen LogP contribution in [0.3, 0.4) is 0 Å². The van der Waals surface area contributed by atoms with E-state index in [4.69, 9.17) is 14.2 Å². The molecule has 0 saturated heterocycles. The predicted octanol–water partition coefficient (Wildman–Crippen LogP) is 4.48. The molecule has 0 radical (unpaired) electrons. The monoisotopic (exact) mass is 457 g/mol. The third kappa shape index (κ3) is 4.85. The van der Waals surface area contributed by atoms with Crippen LogP contribution in [0.15, 0.2) is 60.7 Å². The number of benzene rings is 3. The van der Waals surface area contributed by atoms with Crippen molar-refractivity contribution in [3.8, 4) is 34.5 Å². The number of ether oxygens (including phenoxy) is 3. The third-order valence-electron chi connectivity index (χ3n) is 5.82. The van der Waals surface area contributed by atoms with Gasteiger partial charge in [-0.3, -0.25) is 0 Å². The van der Waals surface area contributed by atoms with Gasteiger partial charge in [-0.05, 0) is 39.9 Å². The highest BCUT2D eigenvalue weighted by Gasteiger charge is 2.28. The fourth-order valence-corrected chi connectivity index (χ4v) is 4.21. The first-order valence-electron chi connectivity index (χ1n) is 11.1. The van der Waals surface area contributed by atoms with Crippen molar-refractivity contribution in [3.63, 3.8) is 0 Å². The third-order valence-corrected chi connectivity index (χ3v) is 5.82. The van der Waals surface area contributed by atoms with Gasteiger partial charge < -0.3 is 24.6 Å². The van der Waals surface area contributed by atoms with E-state index in [2.05, 4.69) is 41.4 Å². The molecule has 0 fully saturated rings. The van der Waals surface area contributed by atoms with Gasteiger partial charge in [0.15, 0.2) is 0 Å². The number of carbonyl (C=O) groups is 1. The zero-order valence-electron chi connectivity index (χ0n) is 19.3. The summed E-state index contributed by atoms with van der Waals surface area (Å²) in [6, 6.07) is 19.9. The van der Waals surface area contributed by atoms with Gasteiger partial charge in [0.1, 0.15) is 23.7 Å². The molecular weight excluding hydrogens is 430 g/mol. The topological polar surface area (TPSA) is 77.0 Å². The molecule has 0 aromatic heterocycles. The molecule has 0 spiro atoms. The summed E-state index contributed by atoms with van der Waals surface area (Å²) in [6.07, 6.45) is -0.0377. The first kappa shape index (κ1) is 23.2. The molecular formula is C28H27NO5. The molecule has 4 rings (SSSR count). The molecule has 1 aliphatic rings. The SMILES string of the molecule is COc1cc(CO)cc(OC)c1C#CCCNC(=O)OCC1c2ccccc2-c2ccccc21. The molecule has 34 heavy (non-hydrogen) atoms. The van der Waals surface area contributed by atoms with E-state index < -0.39 is 6.09 Å². The van der Waals surface area contributed by atoms with Crippen molar-refractivity contribution >= 4 is 6.09 Å². The summed E-state index contributed by atoms with van der Waals surface area (Å²) >= 11 is 0. The van der Waals surface area contributed by atoms with Crippen LogP contribution >= 0.6 is 0 Å². The van der Waals surface area contributed by atoms with Gasteiger partial charge in [-0.25, -0.2) is 4.79 Å². The van der Waals surface area contributed by atoms with Gasteiger partial charge in [0.2, 0.25) is 0 Å². The Bertz CT molecular complexity index is 1170. The van der Waals surface area contributed by atoms with Crippen LogP contribution in [-0.4, -0.2) is 38.6 Å². The number of fused-ring (bicyclic) bond motifs is 3. The van der Waals surface area contributed by atoms with E-state index in [1.807, 2.05) is 24.3 Å². The standard InChI is InChI=1S/C28H27NO5/c1-32-26-15-19(17-30)16-27(33-2)24(26)13-7-8-14-29-28(31)34-18-25-22-11-5-3-9-20(22)21-10-4-6-12-23(21)25/h3-6,9-12,15-16,25,30H,8,14,17-18H2,1-2H3,(H,29,31). The number of aliphatic hydroxyl groups is 1. The van der Waals surface area contributed by atoms with Crippen molar-refractivity contribution in [2.45, 2.75) is 18.9 Å². The van der Waals surface area contributed by atoms with Gasteiger partial charge in [0.25, 0.3) is 0 Å². The van der Waals surface area contributed by atoms with Gasteiger partial charge in [0.05, 0.1) is 20.8 Å². The van der Waals surface area contributed by atoms with Crippen molar-refractivity contribution in [1.82, 2.24) is 5.32 Å². The molecule has 2 N–H and O–H groups in total. The molecule has 1 amide bonds. The zero-order chi connectivity index (χ0) is 23.9. The fourth-order valence-electron chi connectivity index (χ4n) is 4.21. The molecule has 3 aromatic carbocycles. The number of hydrogen-bond donors (Lipinski definition) is 2. The molecule has 174 valence electrons. The van der Waals surface area contributed by atoms with E-state index in [-0.39, 0.29) is 19.1 Å². The summed E-state index contributed by atoms with van der Waals surface area (Å²) < 4.78 is 16.3. The van der Waals surface area contributed by atoms with Crippen LogP contribution in [0.5, 0.6) is 11.5 Å². The maximum atomic E-state index is 12.3. The average Bonchev–Trinajstić information content (AvgIpc) is 3.20. The van der Waals surface area contributed by atoms with Crippen molar-refractivity contribution < 1.29 is 24.1 Å². The number of alkyl carbamates (subject to hydrolysis) is 1. The van der Waals surface area contributed by atoms with Crippen LogP contribution in [0.2, 0.25) is 0 Å². The van der Waals surface area contributed by atoms with E-state index in [0.717, 1.165) is 0 Å². The van der Waals surface area contributed by atoms with Gasteiger partial charge in [0, 0.05) is 18.9 Å². The van der Waals surface area contributed by atoms with Gasteiger partial charge >= 0.3 is 6.09 Å². The Morgan fingerprint density at radius 1 is 0.971 bits per heavy atom. The quantitative estimate of drug-likeness (QED) is 0.404. The Morgan fingerprint density at radius 3 is 2.12 bits per heavy atom. The Hall–Kier alpha value is -3.95. The molecule has 0 atom stereocenters. The lowest BCUT2D eigenvalue weighted by Gasteiger charge is -2.14. The predicted molar refractivity (Wildman–Crippen MR) is 130 cm³/mol. The number of rotatable bonds is 7. The maximum absolute atomic E-state index is 12.3. The highest BCUT2D eigenvalue weighted by Crippen LogP contribution is 2.44. The van der Waals surface area contributed by atoms with E-state index in [1.165, 1.54) is 22.3 Å². The van der Waals surface area contributed by atoms with Crippen molar-refractivity contribution in [2.24, 2.45) is 0 Å². The van der Waals surface area contributed by atoms with Gasteiger partial charge in [-0.15, -0.1) is 0 Å². The summed E-state index contributed by atoms with van der Waals surface area (Å²) in [7, 11) is 3.08. The van der Waals surface area contributed by atoms with E-state index in [9.17, 15) is 9.90 Å². The lowest BCUT2D eigenvalue weighted by molar-refractivity contribution is 0.143. The Balaban J connectivity index is 1.32. The van der Waals surface area contributed by atoms with Crippen molar-refractivity contribution in [2.75, 3.05) is 27.4 Å². The number of aliphatic hydroxyl groups excluding tert-OH is 1. The molecule has 3 aromatic rings. The Morgan fingerprint density at radius 2 is 1.56 bits per heavy atom. The highest BCUT2D eigenvalue weighted by atomic mass is 16.5. The molecule has 1 aliphatic carbocycles. The van der Waals surface area contributed by atoms with Crippen LogP contribution in [0.25, 0.3) is 11.1 Å². The Labute approximate surface area is 199 Å². The molecule has 6 heteroatoms. The van der Waals surface area contributed by atoms with E-state index in [0.29, 0.717) is 35.6 Å². The summed E-state index contributed by atoms with van der Waals surface area (Å²) in [5, 5.41) is 12.1. The van der Waals surface area contributed by atoms with Gasteiger partial charge in [-0.2, -0.15) is 0 Å². The summed E-state index contributed by atoms with van der Waals surface area (Å²) in [6.45, 7) is 0.505. The lowest BCUT2D eigenvalue weighted by Crippen LogP contribution is -2.26. The zero-order valence-corrected chi connectivity index (χ0v) is 19.3. The van der Waals surface area contributed by atoms with Crippen LogP contribution in [0, 0.1) is 11.8 Å². The van der Waals surface area contributed by atoms with Crippen LogP contribution in [0.1, 0.15) is 34.6 Å². The molecule has 6 nitrogen and oxygen atoms in total. The summed E-state index contributed by atoms with van der Waals surface area (Å²) in [4.78, 5) is 12.3. The Kier molecular flexibility index (Phi) is 7.36. The molecule has 0 bridgehead atoms. The van der Waals surface area contributed by atoms with Crippen molar-refractivity contribution in [3.05, 3.63) is 82.9 Å². The van der Waals surface area contributed by atoms with E-state index in [1.54, 1.807) is 26.4 Å². The lowest BCUT2D eigenvalue weighted by atomic mass is 9.98. The minimum absolute atomic E-state index is 0.0276. The number of hydrogen-bond acceptors (Lipinski definition) is 5. The van der Waals surface area contributed by atoms with Crippen LogP contribution in [0.4, 0.5) is 4.79 Å². The first-order chi connectivity index (χ1) is 16.7. The molecule has 0 unspecified atom stereocenters. The number of methoxy groups -OCH3 is 2. The second kappa shape index (κ2) is 10.8.